The molecule has 0 saturated carbocycles. The SMILES string of the molecule is CCCN(CCC)c1ccc(-c2c(C)cc(OC)cc2Br)c2nc(N)n(C)c12. The summed E-state index contributed by atoms with van der Waals surface area (Å²) in [6.45, 7) is 8.54. The van der Waals surface area contributed by atoms with E-state index in [2.05, 4.69) is 53.7 Å². The smallest absolute Gasteiger partial charge is 0.201 e. The fourth-order valence-corrected chi connectivity index (χ4v) is 4.59. The maximum Gasteiger partial charge on any atom is 0.201 e. The summed E-state index contributed by atoms with van der Waals surface area (Å²) in [7, 11) is 3.67. The fraction of sp³-hybridized carbons (Fsp3) is 0.409. The van der Waals surface area contributed by atoms with Gasteiger partial charge in [0.15, 0.2) is 0 Å². The molecule has 0 bridgehead atoms. The molecule has 0 amide bonds. The fourth-order valence-electron chi connectivity index (χ4n) is 3.84. The molecule has 6 heteroatoms. The Kier molecular flexibility index (Phi) is 6.18. The Bertz CT molecular complexity index is 967. The van der Waals surface area contributed by atoms with Crippen molar-refractivity contribution < 1.29 is 4.74 Å². The van der Waals surface area contributed by atoms with E-state index in [0.29, 0.717) is 5.95 Å². The average molecular weight is 445 g/mol. The molecule has 1 heterocycles. The van der Waals surface area contributed by atoms with Crippen molar-refractivity contribution in [2.75, 3.05) is 30.8 Å². The summed E-state index contributed by atoms with van der Waals surface area (Å²) in [6, 6.07) is 8.42. The molecule has 3 aromatic rings. The molecule has 0 radical (unpaired) electrons. The topological polar surface area (TPSA) is 56.3 Å². The number of fused-ring (bicyclic) bond motifs is 1. The minimum atomic E-state index is 0.527. The first-order valence-corrected chi connectivity index (χ1v) is 10.6. The number of nitrogens with zero attached hydrogens (tertiary/aromatic N) is 3. The highest BCUT2D eigenvalue weighted by Crippen LogP contribution is 2.41. The van der Waals surface area contributed by atoms with Crippen LogP contribution in [0.4, 0.5) is 11.6 Å². The number of aromatic nitrogens is 2. The Hall–Kier alpha value is -2.21. The van der Waals surface area contributed by atoms with Gasteiger partial charge in [0.1, 0.15) is 11.3 Å². The van der Waals surface area contributed by atoms with Gasteiger partial charge in [0.05, 0.1) is 18.3 Å². The van der Waals surface area contributed by atoms with E-state index in [1.54, 1.807) is 7.11 Å². The van der Waals surface area contributed by atoms with Crippen LogP contribution in [0.25, 0.3) is 22.2 Å². The minimum absolute atomic E-state index is 0.527. The van der Waals surface area contributed by atoms with Crippen molar-refractivity contribution >= 4 is 38.6 Å². The number of rotatable bonds is 7. The van der Waals surface area contributed by atoms with Crippen LogP contribution in [0.2, 0.25) is 0 Å². The molecule has 1 aromatic heterocycles. The van der Waals surface area contributed by atoms with E-state index < -0.39 is 0 Å². The Morgan fingerprint density at radius 3 is 2.43 bits per heavy atom. The lowest BCUT2D eigenvalue weighted by atomic mass is 9.98. The number of aryl methyl sites for hydroxylation is 2. The summed E-state index contributed by atoms with van der Waals surface area (Å²) in [5, 5.41) is 0. The average Bonchev–Trinajstić information content (AvgIpc) is 2.96. The van der Waals surface area contributed by atoms with E-state index in [4.69, 9.17) is 15.5 Å². The van der Waals surface area contributed by atoms with Gasteiger partial charge in [0.2, 0.25) is 5.95 Å². The van der Waals surface area contributed by atoms with Crippen LogP contribution in [0.15, 0.2) is 28.7 Å². The molecule has 3 rings (SSSR count). The summed E-state index contributed by atoms with van der Waals surface area (Å²) in [5.74, 6) is 1.36. The zero-order valence-electron chi connectivity index (χ0n) is 17.3. The van der Waals surface area contributed by atoms with E-state index in [-0.39, 0.29) is 0 Å². The zero-order chi connectivity index (χ0) is 20.4. The highest BCUT2D eigenvalue weighted by atomic mass is 79.9. The number of nitrogens with two attached hydrogens (primary N) is 1. The third kappa shape index (κ3) is 3.58. The molecule has 28 heavy (non-hydrogen) atoms. The molecule has 2 aromatic carbocycles. The molecular weight excluding hydrogens is 416 g/mol. The highest BCUT2D eigenvalue weighted by molar-refractivity contribution is 9.10. The lowest BCUT2D eigenvalue weighted by Gasteiger charge is -2.25. The van der Waals surface area contributed by atoms with E-state index >= 15 is 0 Å². The number of benzene rings is 2. The van der Waals surface area contributed by atoms with Crippen LogP contribution in [0.3, 0.4) is 0 Å². The molecule has 2 N–H and O–H groups in total. The highest BCUT2D eigenvalue weighted by Gasteiger charge is 2.20. The third-order valence-electron chi connectivity index (χ3n) is 5.13. The van der Waals surface area contributed by atoms with E-state index in [1.165, 1.54) is 5.69 Å². The normalized spacial score (nSPS) is 11.2. The largest absolute Gasteiger partial charge is 0.497 e. The lowest BCUT2D eigenvalue weighted by Crippen LogP contribution is -2.25. The number of hydrogen-bond acceptors (Lipinski definition) is 4. The number of methoxy groups -OCH3 is 1. The molecule has 0 aliphatic heterocycles. The van der Waals surface area contributed by atoms with Gasteiger partial charge in [-0.2, -0.15) is 0 Å². The summed E-state index contributed by atoms with van der Waals surface area (Å²) >= 11 is 3.73. The number of hydrogen-bond donors (Lipinski definition) is 1. The van der Waals surface area contributed by atoms with Crippen LogP contribution in [-0.2, 0) is 7.05 Å². The third-order valence-corrected chi connectivity index (χ3v) is 5.75. The second-order valence-corrected chi connectivity index (χ2v) is 8.00. The van der Waals surface area contributed by atoms with Crippen molar-refractivity contribution in [3.05, 3.63) is 34.3 Å². The molecule has 150 valence electrons. The number of imidazole rings is 1. The van der Waals surface area contributed by atoms with Crippen LogP contribution in [-0.4, -0.2) is 29.8 Å². The van der Waals surface area contributed by atoms with Crippen LogP contribution in [0, 0.1) is 6.92 Å². The lowest BCUT2D eigenvalue weighted by molar-refractivity contribution is 0.414. The van der Waals surface area contributed by atoms with Gasteiger partial charge < -0.3 is 19.9 Å². The first-order valence-electron chi connectivity index (χ1n) is 9.77. The molecule has 0 spiro atoms. The summed E-state index contributed by atoms with van der Waals surface area (Å²) in [4.78, 5) is 7.17. The van der Waals surface area contributed by atoms with Crippen LogP contribution in [0.1, 0.15) is 32.3 Å². The molecule has 0 unspecified atom stereocenters. The molecule has 0 atom stereocenters. The first kappa shape index (κ1) is 20.5. The zero-order valence-corrected chi connectivity index (χ0v) is 18.9. The second-order valence-electron chi connectivity index (χ2n) is 7.15. The van der Waals surface area contributed by atoms with Crippen molar-refractivity contribution in [1.82, 2.24) is 9.55 Å². The molecule has 0 aliphatic carbocycles. The van der Waals surface area contributed by atoms with E-state index in [1.807, 2.05) is 23.7 Å². The standard InChI is InChI=1S/C22H29BrN4O/c1-6-10-27(11-7-2)18-9-8-16(20-21(18)26(4)22(24)25-20)19-14(3)12-15(28-5)13-17(19)23/h8-9,12-13H,6-7,10-11H2,1-5H3,(H2,24,25). The van der Waals surface area contributed by atoms with Gasteiger partial charge in [-0.3, -0.25) is 0 Å². The number of ether oxygens (including phenoxy) is 1. The first-order chi connectivity index (χ1) is 13.4. The van der Waals surface area contributed by atoms with Gasteiger partial charge in [-0.1, -0.05) is 29.8 Å². The van der Waals surface area contributed by atoms with Gasteiger partial charge in [-0.25, -0.2) is 4.98 Å². The molecular formula is C22H29BrN4O. The second kappa shape index (κ2) is 8.43. The number of halogens is 1. The molecule has 5 nitrogen and oxygen atoms in total. The quantitative estimate of drug-likeness (QED) is 0.520. The van der Waals surface area contributed by atoms with Crippen molar-refractivity contribution in [3.8, 4) is 16.9 Å². The Balaban J connectivity index is 2.28. The molecule has 0 aliphatic rings. The van der Waals surface area contributed by atoms with E-state index in [9.17, 15) is 0 Å². The summed E-state index contributed by atoms with van der Waals surface area (Å²) < 4.78 is 8.39. The van der Waals surface area contributed by atoms with Gasteiger partial charge in [-0.05, 0) is 49.6 Å². The Labute approximate surface area is 175 Å². The van der Waals surface area contributed by atoms with Crippen LogP contribution in [0.5, 0.6) is 5.75 Å². The van der Waals surface area contributed by atoms with Crippen molar-refractivity contribution in [1.29, 1.82) is 0 Å². The Morgan fingerprint density at radius 1 is 1.18 bits per heavy atom. The van der Waals surface area contributed by atoms with Crippen molar-refractivity contribution in [3.63, 3.8) is 0 Å². The number of nitrogen functional groups attached to an aromatic ring is 1. The predicted octanol–water partition coefficient (Wildman–Crippen LogP) is 5.53. The van der Waals surface area contributed by atoms with Gasteiger partial charge >= 0.3 is 0 Å². The van der Waals surface area contributed by atoms with Crippen molar-refractivity contribution in [2.45, 2.75) is 33.6 Å². The summed E-state index contributed by atoms with van der Waals surface area (Å²) in [5.41, 5.74) is 12.8. The monoisotopic (exact) mass is 444 g/mol. The van der Waals surface area contributed by atoms with Crippen molar-refractivity contribution in [2.24, 2.45) is 7.05 Å². The minimum Gasteiger partial charge on any atom is -0.497 e. The van der Waals surface area contributed by atoms with Crippen LogP contribution >= 0.6 is 15.9 Å². The maximum absolute atomic E-state index is 6.24. The molecule has 0 saturated heterocycles. The molecule has 0 fully saturated rings. The van der Waals surface area contributed by atoms with E-state index in [0.717, 1.165) is 63.9 Å². The summed E-state index contributed by atoms with van der Waals surface area (Å²) in [6.07, 6.45) is 2.19. The maximum atomic E-state index is 6.24. The van der Waals surface area contributed by atoms with Gasteiger partial charge in [0, 0.05) is 35.7 Å². The Morgan fingerprint density at radius 2 is 1.86 bits per heavy atom. The predicted molar refractivity (Wildman–Crippen MR) is 122 cm³/mol. The van der Waals surface area contributed by atoms with Gasteiger partial charge in [-0.15, -0.1) is 0 Å². The number of anilines is 2. The van der Waals surface area contributed by atoms with Gasteiger partial charge in [0.25, 0.3) is 0 Å². The van der Waals surface area contributed by atoms with Crippen LogP contribution < -0.4 is 15.4 Å².